The maximum absolute atomic E-state index is 12.9. The third kappa shape index (κ3) is 3.16. The van der Waals surface area contributed by atoms with Crippen molar-refractivity contribution < 1.29 is 4.79 Å². The van der Waals surface area contributed by atoms with Gasteiger partial charge in [-0.25, -0.2) is 14.6 Å². The van der Waals surface area contributed by atoms with Crippen LogP contribution in [-0.2, 0) is 16.8 Å². The van der Waals surface area contributed by atoms with E-state index in [9.17, 15) is 4.79 Å². The highest BCUT2D eigenvalue weighted by Crippen LogP contribution is 2.42. The van der Waals surface area contributed by atoms with Crippen molar-refractivity contribution in [2.75, 3.05) is 26.2 Å². The topological polar surface area (TPSA) is 82.9 Å². The normalized spacial score (nSPS) is 20.6. The predicted molar refractivity (Wildman–Crippen MR) is 101 cm³/mol. The van der Waals surface area contributed by atoms with Crippen LogP contribution in [0.3, 0.4) is 0 Å². The van der Waals surface area contributed by atoms with Crippen LogP contribution in [0.25, 0.3) is 0 Å². The number of hydrogen-bond donors (Lipinski definition) is 1. The molecule has 1 atom stereocenters. The first-order valence-electron chi connectivity index (χ1n) is 10.1. The van der Waals surface area contributed by atoms with Gasteiger partial charge in [0.2, 0.25) is 5.91 Å². The van der Waals surface area contributed by atoms with Gasteiger partial charge in [-0.2, -0.15) is 5.10 Å². The number of hydrogen-bond acceptors (Lipinski definition) is 5. The summed E-state index contributed by atoms with van der Waals surface area (Å²) in [4.78, 5) is 29.5. The molecule has 1 N–H and O–H groups in total. The van der Waals surface area contributed by atoms with Crippen molar-refractivity contribution in [3.63, 3.8) is 0 Å². The molecule has 2 aromatic rings. The van der Waals surface area contributed by atoms with Gasteiger partial charge in [-0.15, -0.1) is 0 Å². The molecule has 146 valence electrons. The predicted octanol–water partition coefficient (Wildman–Crippen LogP) is 1.74. The summed E-state index contributed by atoms with van der Waals surface area (Å²) in [5, 5.41) is 4.12. The molecular formula is C19H29N7O. The van der Waals surface area contributed by atoms with E-state index < -0.39 is 0 Å². The van der Waals surface area contributed by atoms with Crippen molar-refractivity contribution in [3.8, 4) is 0 Å². The zero-order valence-corrected chi connectivity index (χ0v) is 16.3. The molecule has 2 aromatic heterocycles. The van der Waals surface area contributed by atoms with Gasteiger partial charge in [-0.05, 0) is 32.7 Å². The number of fused-ring (bicyclic) bond motifs is 2. The second-order valence-electron chi connectivity index (χ2n) is 7.73. The summed E-state index contributed by atoms with van der Waals surface area (Å²) in [6.07, 6.45) is 10.2. The molecule has 0 bridgehead atoms. The lowest BCUT2D eigenvalue weighted by Gasteiger charge is -2.50. The number of nitrogens with zero attached hydrogens (tertiary/aromatic N) is 6. The minimum absolute atomic E-state index is 0.0317. The lowest BCUT2D eigenvalue weighted by atomic mass is 9.78. The number of carbonyl (C=O) groups excluding carboxylic acids is 1. The van der Waals surface area contributed by atoms with E-state index in [4.69, 9.17) is 4.98 Å². The molecule has 0 aromatic carbocycles. The second-order valence-corrected chi connectivity index (χ2v) is 7.73. The molecule has 1 amide bonds. The largest absolute Gasteiger partial charge is 0.348 e. The molecule has 2 aliphatic heterocycles. The first kappa shape index (κ1) is 18.2. The molecule has 8 nitrogen and oxygen atoms in total. The number of amides is 1. The van der Waals surface area contributed by atoms with Crippen LogP contribution in [-0.4, -0.2) is 66.6 Å². The lowest BCUT2D eigenvalue weighted by molar-refractivity contribution is -0.138. The Morgan fingerprint density at radius 1 is 1.33 bits per heavy atom. The Bertz CT molecular complexity index is 761. The van der Waals surface area contributed by atoms with Crippen LogP contribution in [0.2, 0.25) is 0 Å². The van der Waals surface area contributed by atoms with Gasteiger partial charge in [0.15, 0.2) is 0 Å². The SMILES string of the molecule is CCCCN1CCc2[nH]cnc2C12CCN(C(=O)[C@@H](C)n1cncn1)CC2. The number of rotatable bonds is 5. The van der Waals surface area contributed by atoms with Gasteiger partial charge in [-0.1, -0.05) is 13.3 Å². The highest BCUT2D eigenvalue weighted by Gasteiger charge is 2.47. The van der Waals surface area contributed by atoms with E-state index >= 15 is 0 Å². The summed E-state index contributed by atoms with van der Waals surface area (Å²) in [6, 6.07) is -0.315. The molecule has 4 heterocycles. The Balaban J connectivity index is 1.51. The Hall–Kier alpha value is -2.22. The Labute approximate surface area is 160 Å². The lowest BCUT2D eigenvalue weighted by Crippen LogP contribution is -2.57. The van der Waals surface area contributed by atoms with Gasteiger partial charge < -0.3 is 9.88 Å². The van der Waals surface area contributed by atoms with Crippen molar-refractivity contribution in [3.05, 3.63) is 30.4 Å². The van der Waals surface area contributed by atoms with E-state index in [-0.39, 0.29) is 17.5 Å². The number of aromatic nitrogens is 5. The zero-order valence-electron chi connectivity index (χ0n) is 16.3. The molecule has 8 heteroatoms. The fraction of sp³-hybridized carbons (Fsp3) is 0.684. The Kier molecular flexibility index (Phi) is 4.99. The number of carbonyl (C=O) groups is 1. The zero-order chi connectivity index (χ0) is 18.9. The van der Waals surface area contributed by atoms with Gasteiger partial charge in [0.25, 0.3) is 0 Å². The third-order valence-electron chi connectivity index (χ3n) is 6.27. The summed E-state index contributed by atoms with van der Waals surface area (Å²) < 4.78 is 1.63. The first-order chi connectivity index (χ1) is 13.2. The van der Waals surface area contributed by atoms with Crippen LogP contribution in [0.15, 0.2) is 19.0 Å². The number of likely N-dealkylation sites (tertiary alicyclic amines) is 1. The standard InChI is InChI=1S/C19H29N7O/c1-3-4-8-25-9-5-16-17(22-13-21-16)19(25)6-10-24(11-7-19)18(27)15(2)26-14-20-12-23-26/h12-15H,3-11H2,1-2H3,(H,21,22)/t15-/m1/s1. The highest BCUT2D eigenvalue weighted by atomic mass is 16.2. The smallest absolute Gasteiger partial charge is 0.247 e. The summed E-state index contributed by atoms with van der Waals surface area (Å²) in [7, 11) is 0. The van der Waals surface area contributed by atoms with Gasteiger partial charge in [0.1, 0.15) is 18.7 Å². The molecule has 0 aliphatic carbocycles. The highest BCUT2D eigenvalue weighted by molar-refractivity contribution is 5.80. The molecule has 0 radical (unpaired) electrons. The van der Waals surface area contributed by atoms with Gasteiger partial charge >= 0.3 is 0 Å². The Morgan fingerprint density at radius 3 is 2.85 bits per heavy atom. The number of piperidine rings is 1. The maximum atomic E-state index is 12.9. The van der Waals surface area contributed by atoms with Crippen LogP contribution in [0.5, 0.6) is 0 Å². The number of imidazole rings is 1. The number of aromatic amines is 1. The first-order valence-corrected chi connectivity index (χ1v) is 10.1. The van der Waals surface area contributed by atoms with E-state index in [1.54, 1.807) is 11.0 Å². The summed E-state index contributed by atoms with van der Waals surface area (Å²) in [6.45, 7) is 7.81. The van der Waals surface area contributed by atoms with Crippen LogP contribution < -0.4 is 0 Å². The minimum atomic E-state index is -0.315. The maximum Gasteiger partial charge on any atom is 0.247 e. The Morgan fingerprint density at radius 2 is 2.15 bits per heavy atom. The van der Waals surface area contributed by atoms with E-state index in [2.05, 4.69) is 26.9 Å². The number of nitrogens with one attached hydrogen (secondary N) is 1. The molecule has 2 aliphatic rings. The van der Waals surface area contributed by atoms with Crippen LogP contribution in [0, 0.1) is 0 Å². The molecule has 27 heavy (non-hydrogen) atoms. The van der Waals surface area contributed by atoms with E-state index in [0.717, 1.165) is 45.4 Å². The summed E-state index contributed by atoms with van der Waals surface area (Å²) in [5.41, 5.74) is 2.45. The molecule has 1 spiro atoms. The fourth-order valence-electron chi connectivity index (χ4n) is 4.64. The van der Waals surface area contributed by atoms with Crippen LogP contribution in [0.4, 0.5) is 0 Å². The van der Waals surface area contributed by atoms with E-state index in [1.807, 2.05) is 18.2 Å². The molecule has 4 rings (SSSR count). The van der Waals surface area contributed by atoms with Crippen molar-refractivity contribution in [2.24, 2.45) is 0 Å². The van der Waals surface area contributed by atoms with Crippen molar-refractivity contribution >= 4 is 5.91 Å². The number of H-pyrrole nitrogens is 1. The second kappa shape index (κ2) is 7.42. The summed E-state index contributed by atoms with van der Waals surface area (Å²) >= 11 is 0. The van der Waals surface area contributed by atoms with Gasteiger partial charge in [0, 0.05) is 31.7 Å². The average molecular weight is 371 g/mol. The van der Waals surface area contributed by atoms with Gasteiger partial charge in [-0.3, -0.25) is 9.69 Å². The van der Waals surface area contributed by atoms with E-state index in [0.29, 0.717) is 0 Å². The van der Waals surface area contributed by atoms with Crippen LogP contribution >= 0.6 is 0 Å². The van der Waals surface area contributed by atoms with Crippen molar-refractivity contribution in [1.29, 1.82) is 0 Å². The average Bonchev–Trinajstić information content (AvgIpc) is 3.39. The third-order valence-corrected chi connectivity index (χ3v) is 6.27. The van der Waals surface area contributed by atoms with Gasteiger partial charge in [0.05, 0.1) is 17.6 Å². The monoisotopic (exact) mass is 371 g/mol. The molecule has 0 unspecified atom stereocenters. The van der Waals surface area contributed by atoms with Crippen molar-refractivity contribution in [2.45, 2.75) is 57.5 Å². The van der Waals surface area contributed by atoms with Crippen molar-refractivity contribution in [1.82, 2.24) is 34.5 Å². The molecular weight excluding hydrogens is 342 g/mol. The van der Waals surface area contributed by atoms with E-state index in [1.165, 1.54) is 30.6 Å². The fourth-order valence-corrected chi connectivity index (χ4v) is 4.64. The number of unbranched alkanes of at least 4 members (excludes halogenated alkanes) is 1. The van der Waals surface area contributed by atoms with Crippen LogP contribution in [0.1, 0.15) is 57.0 Å². The molecule has 1 fully saturated rings. The molecule has 0 saturated carbocycles. The molecule has 1 saturated heterocycles. The minimum Gasteiger partial charge on any atom is -0.348 e. The summed E-state index contributed by atoms with van der Waals surface area (Å²) in [5.74, 6) is 0.119. The quantitative estimate of drug-likeness (QED) is 0.866.